The molecule has 0 spiro atoms. The number of rotatable bonds is 10. The molecule has 8 heteroatoms. The number of urea groups is 1. The van der Waals surface area contributed by atoms with Gasteiger partial charge in [0.25, 0.3) is 0 Å². The van der Waals surface area contributed by atoms with Crippen molar-refractivity contribution in [3.05, 3.63) is 60.2 Å². The SMILES string of the molecule is CCN(CC)CCNC(=O)Nc1ccc(S(=O)(=O)N(C)Cc2ccccc2)cc1. The molecule has 0 aromatic heterocycles. The highest BCUT2D eigenvalue weighted by Gasteiger charge is 2.20. The van der Waals surface area contributed by atoms with Crippen LogP contribution >= 0.6 is 0 Å². The first-order valence-electron chi connectivity index (χ1n) is 9.74. The van der Waals surface area contributed by atoms with Crippen molar-refractivity contribution in [2.24, 2.45) is 0 Å². The number of amides is 2. The zero-order valence-corrected chi connectivity index (χ0v) is 18.1. The number of hydrogen-bond acceptors (Lipinski definition) is 4. The smallest absolute Gasteiger partial charge is 0.319 e. The van der Waals surface area contributed by atoms with Crippen LogP contribution in [-0.4, -0.2) is 56.9 Å². The van der Waals surface area contributed by atoms with Crippen LogP contribution in [0.15, 0.2) is 59.5 Å². The largest absolute Gasteiger partial charge is 0.337 e. The molecule has 2 rings (SSSR count). The second-order valence-corrected chi connectivity index (χ2v) is 8.72. The maximum absolute atomic E-state index is 12.8. The maximum atomic E-state index is 12.8. The molecule has 0 fully saturated rings. The third kappa shape index (κ3) is 6.85. The van der Waals surface area contributed by atoms with Crippen LogP contribution in [-0.2, 0) is 16.6 Å². The predicted octanol–water partition coefficient (Wildman–Crippen LogP) is 2.97. The van der Waals surface area contributed by atoms with Crippen molar-refractivity contribution in [3.63, 3.8) is 0 Å². The Bertz CT molecular complexity index is 867. The van der Waals surface area contributed by atoms with Gasteiger partial charge >= 0.3 is 6.03 Å². The van der Waals surface area contributed by atoms with Gasteiger partial charge in [0, 0.05) is 32.4 Å². The van der Waals surface area contributed by atoms with E-state index in [0.717, 1.165) is 25.2 Å². The summed E-state index contributed by atoms with van der Waals surface area (Å²) in [5.74, 6) is 0. The molecular formula is C21H30N4O3S. The zero-order chi connectivity index (χ0) is 21.3. The van der Waals surface area contributed by atoms with E-state index >= 15 is 0 Å². The summed E-state index contributed by atoms with van der Waals surface area (Å²) in [4.78, 5) is 14.4. The van der Waals surface area contributed by atoms with Gasteiger partial charge < -0.3 is 15.5 Å². The van der Waals surface area contributed by atoms with E-state index in [1.807, 2.05) is 30.3 Å². The van der Waals surface area contributed by atoms with Gasteiger partial charge in [-0.3, -0.25) is 0 Å². The number of likely N-dealkylation sites (N-methyl/N-ethyl adjacent to an activating group) is 1. The summed E-state index contributed by atoms with van der Waals surface area (Å²) in [7, 11) is -2.06. The van der Waals surface area contributed by atoms with Crippen molar-refractivity contribution >= 4 is 21.7 Å². The summed E-state index contributed by atoms with van der Waals surface area (Å²) >= 11 is 0. The van der Waals surface area contributed by atoms with Gasteiger partial charge in [-0.2, -0.15) is 4.31 Å². The number of sulfonamides is 1. The highest BCUT2D eigenvalue weighted by molar-refractivity contribution is 7.89. The average molecular weight is 419 g/mol. The predicted molar refractivity (Wildman–Crippen MR) is 116 cm³/mol. The molecule has 2 N–H and O–H groups in total. The number of nitrogens with zero attached hydrogens (tertiary/aromatic N) is 2. The van der Waals surface area contributed by atoms with Crippen LogP contribution in [0.4, 0.5) is 10.5 Å². The second kappa shape index (κ2) is 10.9. The van der Waals surface area contributed by atoms with Gasteiger partial charge in [0.05, 0.1) is 4.90 Å². The number of anilines is 1. The Kier molecular flexibility index (Phi) is 8.63. The minimum atomic E-state index is -3.61. The fourth-order valence-corrected chi connectivity index (χ4v) is 4.02. The van der Waals surface area contributed by atoms with Crippen molar-refractivity contribution in [1.29, 1.82) is 0 Å². The molecule has 0 aliphatic rings. The lowest BCUT2D eigenvalue weighted by Gasteiger charge is -2.18. The summed E-state index contributed by atoms with van der Waals surface area (Å²) in [6, 6.07) is 15.3. The van der Waals surface area contributed by atoms with Crippen LogP contribution in [0, 0.1) is 0 Å². The lowest BCUT2D eigenvalue weighted by Crippen LogP contribution is -2.36. The third-order valence-corrected chi connectivity index (χ3v) is 6.49. The first kappa shape index (κ1) is 22.9. The Balaban J connectivity index is 1.92. The van der Waals surface area contributed by atoms with Crippen LogP contribution in [0.3, 0.4) is 0 Å². The number of carbonyl (C=O) groups excluding carboxylic acids is 1. The van der Waals surface area contributed by atoms with Crippen LogP contribution in [0.5, 0.6) is 0 Å². The lowest BCUT2D eigenvalue weighted by atomic mass is 10.2. The molecule has 2 amide bonds. The fraction of sp³-hybridized carbons (Fsp3) is 0.381. The Morgan fingerprint density at radius 1 is 0.966 bits per heavy atom. The van der Waals surface area contributed by atoms with Gasteiger partial charge in [-0.15, -0.1) is 0 Å². The van der Waals surface area contributed by atoms with Crippen molar-refractivity contribution in [2.45, 2.75) is 25.3 Å². The van der Waals surface area contributed by atoms with Crippen molar-refractivity contribution in [2.75, 3.05) is 38.5 Å². The van der Waals surface area contributed by atoms with Gasteiger partial charge in [0.2, 0.25) is 10.0 Å². The summed E-state index contributed by atoms with van der Waals surface area (Å²) in [5, 5.41) is 5.52. The van der Waals surface area contributed by atoms with Crippen molar-refractivity contribution in [1.82, 2.24) is 14.5 Å². The first-order valence-corrected chi connectivity index (χ1v) is 11.2. The highest BCUT2D eigenvalue weighted by atomic mass is 32.2. The van der Waals surface area contributed by atoms with Crippen LogP contribution in [0.2, 0.25) is 0 Å². The van der Waals surface area contributed by atoms with E-state index in [4.69, 9.17) is 0 Å². The topological polar surface area (TPSA) is 81.8 Å². The van der Waals surface area contributed by atoms with Gasteiger partial charge in [-0.25, -0.2) is 13.2 Å². The number of nitrogens with one attached hydrogen (secondary N) is 2. The number of benzene rings is 2. The highest BCUT2D eigenvalue weighted by Crippen LogP contribution is 2.19. The van der Waals surface area contributed by atoms with Crippen LogP contribution in [0.25, 0.3) is 0 Å². The summed E-state index contributed by atoms with van der Waals surface area (Å²) in [6.07, 6.45) is 0. The van der Waals surface area contributed by atoms with E-state index in [2.05, 4.69) is 29.4 Å². The summed E-state index contributed by atoms with van der Waals surface area (Å²) < 4.78 is 26.8. The molecule has 158 valence electrons. The Labute approximate surface area is 173 Å². The summed E-state index contributed by atoms with van der Waals surface area (Å²) in [6.45, 7) is 7.66. The molecule has 0 heterocycles. The van der Waals surface area contributed by atoms with Gasteiger partial charge in [0.15, 0.2) is 0 Å². The quantitative estimate of drug-likeness (QED) is 0.622. The normalized spacial score (nSPS) is 11.6. The van der Waals surface area contributed by atoms with E-state index in [0.29, 0.717) is 12.2 Å². The molecule has 0 saturated carbocycles. The van der Waals surface area contributed by atoms with E-state index in [-0.39, 0.29) is 17.5 Å². The molecule has 2 aromatic rings. The molecule has 7 nitrogen and oxygen atoms in total. The standard InChI is InChI=1S/C21H30N4O3S/c1-4-25(5-2)16-15-22-21(26)23-19-11-13-20(14-12-19)29(27,28)24(3)17-18-9-7-6-8-10-18/h6-14H,4-5,15-17H2,1-3H3,(H2,22,23,26). The Morgan fingerprint density at radius 3 is 2.17 bits per heavy atom. The first-order chi connectivity index (χ1) is 13.9. The molecule has 0 radical (unpaired) electrons. The molecule has 2 aromatic carbocycles. The Hall–Kier alpha value is -2.42. The van der Waals surface area contributed by atoms with E-state index in [9.17, 15) is 13.2 Å². The molecule has 29 heavy (non-hydrogen) atoms. The molecular weight excluding hydrogens is 388 g/mol. The second-order valence-electron chi connectivity index (χ2n) is 6.68. The van der Waals surface area contributed by atoms with E-state index in [1.54, 1.807) is 19.2 Å². The van der Waals surface area contributed by atoms with Gasteiger partial charge in [-0.05, 0) is 42.9 Å². The number of hydrogen-bond donors (Lipinski definition) is 2. The monoisotopic (exact) mass is 418 g/mol. The molecule has 0 bridgehead atoms. The van der Waals surface area contributed by atoms with Crippen molar-refractivity contribution < 1.29 is 13.2 Å². The van der Waals surface area contributed by atoms with Gasteiger partial charge in [0.1, 0.15) is 0 Å². The zero-order valence-electron chi connectivity index (χ0n) is 17.3. The van der Waals surface area contributed by atoms with Crippen molar-refractivity contribution in [3.8, 4) is 0 Å². The molecule has 0 unspecified atom stereocenters. The average Bonchev–Trinajstić information content (AvgIpc) is 2.72. The molecule has 0 aliphatic carbocycles. The molecule has 0 atom stereocenters. The van der Waals surface area contributed by atoms with Crippen LogP contribution < -0.4 is 10.6 Å². The molecule has 0 aliphatic heterocycles. The lowest BCUT2D eigenvalue weighted by molar-refractivity contribution is 0.248. The minimum absolute atomic E-state index is 0.184. The molecule has 0 saturated heterocycles. The summed E-state index contributed by atoms with van der Waals surface area (Å²) in [5.41, 5.74) is 1.45. The van der Waals surface area contributed by atoms with E-state index < -0.39 is 10.0 Å². The minimum Gasteiger partial charge on any atom is -0.337 e. The maximum Gasteiger partial charge on any atom is 0.319 e. The fourth-order valence-electron chi connectivity index (χ4n) is 2.86. The van der Waals surface area contributed by atoms with Gasteiger partial charge in [-0.1, -0.05) is 44.2 Å². The van der Waals surface area contributed by atoms with Crippen LogP contribution in [0.1, 0.15) is 19.4 Å². The Morgan fingerprint density at radius 2 is 1.59 bits per heavy atom. The van der Waals surface area contributed by atoms with E-state index in [1.165, 1.54) is 16.4 Å². The number of carbonyl (C=O) groups is 1. The third-order valence-electron chi connectivity index (χ3n) is 4.68.